The van der Waals surface area contributed by atoms with Crippen LogP contribution in [0.1, 0.15) is 16.3 Å². The Bertz CT molecular complexity index is 589. The van der Waals surface area contributed by atoms with Crippen molar-refractivity contribution in [2.45, 2.75) is 26.4 Å². The van der Waals surface area contributed by atoms with E-state index in [2.05, 4.69) is 15.3 Å². The molecule has 18 heavy (non-hydrogen) atoms. The minimum absolute atomic E-state index is 0.194. The summed E-state index contributed by atoms with van der Waals surface area (Å²) in [6.07, 6.45) is -5.40. The van der Waals surface area contributed by atoms with Crippen LogP contribution in [0.5, 0.6) is 0 Å². The largest absolute Gasteiger partial charge is 0.396 e. The van der Waals surface area contributed by atoms with Gasteiger partial charge in [-0.1, -0.05) is 0 Å². The molecule has 7 heteroatoms. The van der Waals surface area contributed by atoms with Gasteiger partial charge in [-0.2, -0.15) is 13.2 Å². The van der Waals surface area contributed by atoms with Crippen LogP contribution in [-0.2, 0) is 6.42 Å². The van der Waals surface area contributed by atoms with Crippen LogP contribution in [0.4, 0.5) is 19.0 Å². The molecule has 0 radical (unpaired) electrons. The molecule has 0 atom stereocenters. The summed E-state index contributed by atoms with van der Waals surface area (Å²) in [6, 6.07) is 0. The number of nitrogens with zero attached hydrogens (tertiary/aromatic N) is 2. The summed E-state index contributed by atoms with van der Waals surface area (Å²) in [5.41, 5.74) is 1.01. The molecule has 0 spiro atoms. The molecule has 0 aliphatic rings. The first-order chi connectivity index (χ1) is 8.31. The van der Waals surface area contributed by atoms with Crippen molar-refractivity contribution in [3.63, 3.8) is 0 Å². The number of anilines is 1. The van der Waals surface area contributed by atoms with Crippen molar-refractivity contribution in [3.8, 4) is 0 Å². The predicted molar refractivity (Wildman–Crippen MR) is 66.2 cm³/mol. The lowest BCUT2D eigenvalue weighted by Gasteiger charge is -2.08. The molecule has 2 aromatic heterocycles. The molecule has 0 aromatic carbocycles. The van der Waals surface area contributed by atoms with Crippen LogP contribution in [0, 0.1) is 13.8 Å². The molecule has 3 nitrogen and oxygen atoms in total. The first-order valence-corrected chi connectivity index (χ1v) is 6.14. The van der Waals surface area contributed by atoms with E-state index in [1.54, 1.807) is 7.05 Å². The minimum atomic E-state index is -4.29. The van der Waals surface area contributed by atoms with Gasteiger partial charge in [-0.05, 0) is 19.4 Å². The van der Waals surface area contributed by atoms with Crippen LogP contribution in [0.15, 0.2) is 0 Å². The highest BCUT2D eigenvalue weighted by Gasteiger charge is 2.30. The molecule has 2 aromatic rings. The van der Waals surface area contributed by atoms with Crippen LogP contribution in [0.3, 0.4) is 0 Å². The maximum atomic E-state index is 12.4. The zero-order valence-corrected chi connectivity index (χ0v) is 11.0. The highest BCUT2D eigenvalue weighted by atomic mass is 32.1. The van der Waals surface area contributed by atoms with Crippen LogP contribution in [-0.4, -0.2) is 23.2 Å². The molecular formula is C11H12F3N3S. The SMILES string of the molecule is CNc1nc(CC(F)(F)F)nc2sc(C)c(C)c12. The molecule has 0 aliphatic carbocycles. The van der Waals surface area contributed by atoms with E-state index in [9.17, 15) is 13.2 Å². The lowest BCUT2D eigenvalue weighted by atomic mass is 10.2. The molecule has 0 unspecified atom stereocenters. The van der Waals surface area contributed by atoms with Crippen molar-refractivity contribution in [3.05, 3.63) is 16.3 Å². The van der Waals surface area contributed by atoms with Gasteiger partial charge in [0.25, 0.3) is 0 Å². The summed E-state index contributed by atoms with van der Waals surface area (Å²) in [5.74, 6) is 0.265. The third-order valence-electron chi connectivity index (χ3n) is 2.67. The van der Waals surface area contributed by atoms with Crippen LogP contribution < -0.4 is 5.32 Å². The molecule has 0 aliphatic heterocycles. The van der Waals surface area contributed by atoms with Gasteiger partial charge < -0.3 is 5.32 Å². The molecule has 1 N–H and O–H groups in total. The number of aryl methyl sites for hydroxylation is 2. The van der Waals surface area contributed by atoms with E-state index in [-0.39, 0.29) is 5.82 Å². The number of aromatic nitrogens is 2. The van der Waals surface area contributed by atoms with E-state index >= 15 is 0 Å². The van der Waals surface area contributed by atoms with E-state index in [1.165, 1.54) is 11.3 Å². The Labute approximate surface area is 106 Å². The zero-order valence-electron chi connectivity index (χ0n) is 10.1. The van der Waals surface area contributed by atoms with Gasteiger partial charge in [-0.25, -0.2) is 9.97 Å². The average Bonchev–Trinajstić information content (AvgIpc) is 2.51. The van der Waals surface area contributed by atoms with Gasteiger partial charge in [0.15, 0.2) is 0 Å². The average molecular weight is 275 g/mol. The summed E-state index contributed by atoms with van der Waals surface area (Å²) < 4.78 is 37.1. The quantitative estimate of drug-likeness (QED) is 0.912. The zero-order chi connectivity index (χ0) is 13.5. The summed E-state index contributed by atoms with van der Waals surface area (Å²) in [5, 5.41) is 3.65. The standard InChI is InChI=1S/C11H12F3N3S/c1-5-6(2)18-10-8(5)9(15-3)16-7(17-10)4-11(12,13)14/h4H2,1-3H3,(H,15,16,17). The summed E-state index contributed by atoms with van der Waals surface area (Å²) in [4.78, 5) is 9.58. The second-order valence-corrected chi connectivity index (χ2v) is 5.20. The Morgan fingerprint density at radius 2 is 1.89 bits per heavy atom. The van der Waals surface area contributed by atoms with E-state index in [4.69, 9.17) is 0 Å². The highest BCUT2D eigenvalue weighted by molar-refractivity contribution is 7.18. The number of rotatable bonds is 2. The Morgan fingerprint density at radius 1 is 1.22 bits per heavy atom. The fourth-order valence-corrected chi connectivity index (χ4v) is 2.78. The van der Waals surface area contributed by atoms with Gasteiger partial charge in [0.2, 0.25) is 0 Å². The Morgan fingerprint density at radius 3 is 2.44 bits per heavy atom. The highest BCUT2D eigenvalue weighted by Crippen LogP contribution is 2.33. The molecule has 0 saturated heterocycles. The normalized spacial score (nSPS) is 12.1. The van der Waals surface area contributed by atoms with Gasteiger partial charge in [-0.3, -0.25) is 0 Å². The van der Waals surface area contributed by atoms with Crippen LogP contribution >= 0.6 is 11.3 Å². The lowest BCUT2D eigenvalue weighted by molar-refractivity contribution is -0.128. The monoisotopic (exact) mass is 275 g/mol. The van der Waals surface area contributed by atoms with Gasteiger partial charge in [0, 0.05) is 11.9 Å². The third kappa shape index (κ3) is 2.40. The van der Waals surface area contributed by atoms with Crippen molar-refractivity contribution < 1.29 is 13.2 Å². The van der Waals surface area contributed by atoms with Crippen molar-refractivity contribution in [1.82, 2.24) is 9.97 Å². The summed E-state index contributed by atoms with van der Waals surface area (Å²) in [7, 11) is 1.64. The molecular weight excluding hydrogens is 263 g/mol. The van der Waals surface area contributed by atoms with E-state index in [0.29, 0.717) is 10.6 Å². The molecule has 0 bridgehead atoms. The first-order valence-electron chi connectivity index (χ1n) is 5.33. The minimum Gasteiger partial charge on any atom is -0.372 e. The van der Waals surface area contributed by atoms with Crippen molar-refractivity contribution >= 4 is 27.4 Å². The summed E-state index contributed by atoms with van der Waals surface area (Å²) in [6.45, 7) is 3.84. The van der Waals surface area contributed by atoms with Gasteiger partial charge in [0.1, 0.15) is 22.9 Å². The predicted octanol–water partition coefficient (Wildman–Crippen LogP) is 3.45. The topological polar surface area (TPSA) is 37.8 Å². The second-order valence-electron chi connectivity index (χ2n) is 3.99. The van der Waals surface area contributed by atoms with E-state index in [1.807, 2.05) is 13.8 Å². The number of hydrogen-bond donors (Lipinski definition) is 1. The first kappa shape index (κ1) is 13.1. The maximum Gasteiger partial charge on any atom is 0.396 e. The fraction of sp³-hybridized carbons (Fsp3) is 0.455. The number of thiophene rings is 1. The number of fused-ring (bicyclic) bond motifs is 1. The van der Waals surface area contributed by atoms with Gasteiger partial charge in [0.05, 0.1) is 5.39 Å². The molecule has 0 saturated carbocycles. The fourth-order valence-electron chi connectivity index (χ4n) is 1.73. The van der Waals surface area contributed by atoms with Crippen molar-refractivity contribution in [2.75, 3.05) is 12.4 Å². The van der Waals surface area contributed by atoms with Crippen LogP contribution in [0.25, 0.3) is 10.2 Å². The number of halogens is 3. The summed E-state index contributed by atoms with van der Waals surface area (Å²) >= 11 is 1.39. The van der Waals surface area contributed by atoms with E-state index < -0.39 is 12.6 Å². The Balaban J connectivity index is 2.60. The van der Waals surface area contributed by atoms with Crippen molar-refractivity contribution in [2.24, 2.45) is 0 Å². The molecule has 2 rings (SSSR count). The Kier molecular flexibility index (Phi) is 3.18. The molecule has 2 heterocycles. The number of alkyl halides is 3. The molecule has 0 amide bonds. The van der Waals surface area contributed by atoms with E-state index in [0.717, 1.165) is 15.8 Å². The smallest absolute Gasteiger partial charge is 0.372 e. The van der Waals surface area contributed by atoms with Gasteiger partial charge in [-0.15, -0.1) is 11.3 Å². The van der Waals surface area contributed by atoms with Crippen molar-refractivity contribution in [1.29, 1.82) is 0 Å². The third-order valence-corrected chi connectivity index (χ3v) is 3.77. The van der Waals surface area contributed by atoms with Gasteiger partial charge >= 0.3 is 6.18 Å². The maximum absolute atomic E-state index is 12.4. The molecule has 98 valence electrons. The Hall–Kier alpha value is -1.37. The lowest BCUT2D eigenvalue weighted by Crippen LogP contribution is -2.14. The second kappa shape index (κ2) is 4.38. The number of hydrogen-bond acceptors (Lipinski definition) is 4. The number of nitrogens with one attached hydrogen (secondary N) is 1. The molecule has 0 fully saturated rings. The van der Waals surface area contributed by atoms with Crippen LogP contribution in [0.2, 0.25) is 0 Å².